The van der Waals surface area contributed by atoms with Crippen LogP contribution in [-0.4, -0.2) is 42.7 Å². The number of carbonyl (C=O) groups excluding carboxylic acids is 1. The van der Waals surface area contributed by atoms with Gasteiger partial charge >= 0.3 is 5.97 Å². The molecule has 1 fully saturated rings. The maximum absolute atomic E-state index is 11.4. The van der Waals surface area contributed by atoms with Crippen LogP contribution in [0.5, 0.6) is 0 Å². The van der Waals surface area contributed by atoms with E-state index in [1.165, 1.54) is 13.3 Å². The minimum Gasteiger partial charge on any atom is -0.464 e. The van der Waals surface area contributed by atoms with Crippen LogP contribution in [0.15, 0.2) is 12.4 Å². The highest BCUT2D eigenvalue weighted by atomic mass is 16.5. The summed E-state index contributed by atoms with van der Waals surface area (Å²) in [7, 11) is 1.34. The predicted molar refractivity (Wildman–Crippen MR) is 67.4 cm³/mol. The van der Waals surface area contributed by atoms with Crippen molar-refractivity contribution in [2.45, 2.75) is 12.8 Å². The van der Waals surface area contributed by atoms with Crippen LogP contribution in [-0.2, 0) is 4.74 Å². The number of carbonyl (C=O) groups is 1. The van der Waals surface area contributed by atoms with Crippen molar-refractivity contribution in [2.24, 2.45) is 11.7 Å². The number of rotatable bonds is 3. The molecule has 1 aliphatic rings. The van der Waals surface area contributed by atoms with E-state index in [-0.39, 0.29) is 5.69 Å². The largest absolute Gasteiger partial charge is 0.464 e. The monoisotopic (exact) mass is 250 g/mol. The Morgan fingerprint density at radius 3 is 2.83 bits per heavy atom. The van der Waals surface area contributed by atoms with Gasteiger partial charge in [0.1, 0.15) is 5.82 Å². The summed E-state index contributed by atoms with van der Waals surface area (Å²) in [6.07, 6.45) is 5.21. The van der Waals surface area contributed by atoms with Crippen LogP contribution < -0.4 is 10.6 Å². The van der Waals surface area contributed by atoms with Crippen molar-refractivity contribution in [3.8, 4) is 0 Å². The lowest BCUT2D eigenvalue weighted by molar-refractivity contribution is 0.0593. The summed E-state index contributed by atoms with van der Waals surface area (Å²) in [4.78, 5) is 21.8. The van der Waals surface area contributed by atoms with E-state index in [1.54, 1.807) is 6.20 Å². The first-order valence-corrected chi connectivity index (χ1v) is 6.10. The number of hydrogen-bond acceptors (Lipinski definition) is 6. The number of esters is 1. The first kappa shape index (κ1) is 12.8. The van der Waals surface area contributed by atoms with Gasteiger partial charge in [0, 0.05) is 13.1 Å². The summed E-state index contributed by atoms with van der Waals surface area (Å²) in [6, 6.07) is 0. The van der Waals surface area contributed by atoms with Crippen molar-refractivity contribution in [1.29, 1.82) is 0 Å². The topological polar surface area (TPSA) is 81.3 Å². The Morgan fingerprint density at radius 2 is 2.22 bits per heavy atom. The Kier molecular flexibility index (Phi) is 4.09. The van der Waals surface area contributed by atoms with Crippen LogP contribution in [0.1, 0.15) is 23.3 Å². The number of nitrogens with zero attached hydrogens (tertiary/aromatic N) is 3. The van der Waals surface area contributed by atoms with Gasteiger partial charge in [0.05, 0.1) is 19.5 Å². The Balaban J connectivity index is 2.07. The molecule has 0 amide bonds. The number of methoxy groups -OCH3 is 1. The smallest absolute Gasteiger partial charge is 0.358 e. The fourth-order valence-corrected chi connectivity index (χ4v) is 2.11. The Bertz CT molecular complexity index is 416. The van der Waals surface area contributed by atoms with Gasteiger partial charge < -0.3 is 15.4 Å². The van der Waals surface area contributed by atoms with E-state index in [0.29, 0.717) is 5.92 Å². The molecule has 0 aliphatic carbocycles. The van der Waals surface area contributed by atoms with Crippen LogP contribution in [0, 0.1) is 5.92 Å². The maximum Gasteiger partial charge on any atom is 0.358 e. The highest BCUT2D eigenvalue weighted by molar-refractivity contribution is 5.87. The summed E-state index contributed by atoms with van der Waals surface area (Å²) < 4.78 is 4.64. The second-order valence-electron chi connectivity index (χ2n) is 4.42. The van der Waals surface area contributed by atoms with E-state index in [2.05, 4.69) is 19.6 Å². The molecule has 1 aliphatic heterocycles. The van der Waals surface area contributed by atoms with Crippen LogP contribution in [0.4, 0.5) is 5.82 Å². The number of hydrogen-bond donors (Lipinski definition) is 1. The van der Waals surface area contributed by atoms with Gasteiger partial charge in [-0.05, 0) is 25.3 Å². The van der Waals surface area contributed by atoms with Gasteiger partial charge in [-0.15, -0.1) is 0 Å². The Morgan fingerprint density at radius 1 is 1.50 bits per heavy atom. The fourth-order valence-electron chi connectivity index (χ4n) is 2.11. The second kappa shape index (κ2) is 5.77. The SMILES string of the molecule is COC(=O)c1cncc(N2CCC(CN)CC2)n1. The van der Waals surface area contributed by atoms with Crippen LogP contribution >= 0.6 is 0 Å². The molecule has 0 aromatic carbocycles. The zero-order valence-electron chi connectivity index (χ0n) is 10.5. The maximum atomic E-state index is 11.4. The molecular weight excluding hydrogens is 232 g/mol. The van der Waals surface area contributed by atoms with Gasteiger partial charge in [0.2, 0.25) is 0 Å². The summed E-state index contributed by atoms with van der Waals surface area (Å²) in [6.45, 7) is 2.55. The lowest BCUT2D eigenvalue weighted by atomic mass is 9.97. The molecule has 1 aromatic rings. The quantitative estimate of drug-likeness (QED) is 0.784. The molecule has 0 spiro atoms. The number of aromatic nitrogens is 2. The molecule has 18 heavy (non-hydrogen) atoms. The van der Waals surface area contributed by atoms with Crippen molar-refractivity contribution < 1.29 is 9.53 Å². The van der Waals surface area contributed by atoms with Crippen molar-refractivity contribution in [3.63, 3.8) is 0 Å². The predicted octanol–water partition coefficient (Wildman–Crippen LogP) is 0.438. The van der Waals surface area contributed by atoms with Gasteiger partial charge in [0.25, 0.3) is 0 Å². The molecule has 1 aromatic heterocycles. The minimum atomic E-state index is -0.457. The Hall–Kier alpha value is -1.69. The number of nitrogens with two attached hydrogens (primary N) is 1. The van der Waals surface area contributed by atoms with E-state index >= 15 is 0 Å². The van der Waals surface area contributed by atoms with Gasteiger partial charge in [-0.25, -0.2) is 9.78 Å². The number of piperidine rings is 1. The third kappa shape index (κ3) is 2.76. The molecule has 0 bridgehead atoms. The van der Waals surface area contributed by atoms with Crippen molar-refractivity contribution in [2.75, 3.05) is 31.6 Å². The summed E-state index contributed by atoms with van der Waals surface area (Å²) in [5, 5.41) is 0. The molecule has 0 saturated carbocycles. The van der Waals surface area contributed by atoms with Gasteiger partial charge in [0.15, 0.2) is 5.69 Å². The van der Waals surface area contributed by atoms with Gasteiger partial charge in [-0.2, -0.15) is 0 Å². The first-order chi connectivity index (χ1) is 8.74. The average Bonchev–Trinajstić information content (AvgIpc) is 2.46. The zero-order valence-corrected chi connectivity index (χ0v) is 10.5. The third-order valence-electron chi connectivity index (χ3n) is 3.29. The standard InChI is InChI=1S/C12H18N4O2/c1-18-12(17)10-7-14-8-11(15-10)16-4-2-9(6-13)3-5-16/h7-9H,2-6,13H2,1H3. The second-order valence-corrected chi connectivity index (χ2v) is 4.42. The van der Waals surface area contributed by atoms with Crippen LogP contribution in [0.25, 0.3) is 0 Å². The van der Waals surface area contributed by atoms with Crippen LogP contribution in [0.3, 0.4) is 0 Å². The average molecular weight is 250 g/mol. The molecule has 6 nitrogen and oxygen atoms in total. The molecule has 0 atom stereocenters. The molecule has 2 heterocycles. The molecule has 6 heteroatoms. The first-order valence-electron chi connectivity index (χ1n) is 6.10. The summed E-state index contributed by atoms with van der Waals surface area (Å²) >= 11 is 0. The highest BCUT2D eigenvalue weighted by Crippen LogP contribution is 2.20. The third-order valence-corrected chi connectivity index (χ3v) is 3.29. The zero-order chi connectivity index (χ0) is 13.0. The van der Waals surface area contributed by atoms with Crippen molar-refractivity contribution in [3.05, 3.63) is 18.1 Å². The molecule has 98 valence electrons. The molecule has 0 unspecified atom stereocenters. The lowest BCUT2D eigenvalue weighted by Crippen LogP contribution is -2.36. The fraction of sp³-hybridized carbons (Fsp3) is 0.583. The number of ether oxygens (including phenoxy) is 1. The molecule has 2 N–H and O–H groups in total. The Labute approximate surface area is 106 Å². The van der Waals surface area contributed by atoms with E-state index in [4.69, 9.17) is 5.73 Å². The van der Waals surface area contributed by atoms with Crippen molar-refractivity contribution >= 4 is 11.8 Å². The van der Waals surface area contributed by atoms with Gasteiger partial charge in [-0.3, -0.25) is 4.98 Å². The minimum absolute atomic E-state index is 0.246. The number of anilines is 1. The molecule has 2 rings (SSSR count). The van der Waals surface area contributed by atoms with Crippen LogP contribution in [0.2, 0.25) is 0 Å². The van der Waals surface area contributed by atoms with E-state index in [9.17, 15) is 4.79 Å². The molecular formula is C12H18N4O2. The van der Waals surface area contributed by atoms with E-state index in [0.717, 1.165) is 38.3 Å². The van der Waals surface area contributed by atoms with Crippen molar-refractivity contribution in [1.82, 2.24) is 9.97 Å². The highest BCUT2D eigenvalue weighted by Gasteiger charge is 2.20. The molecule has 1 saturated heterocycles. The normalized spacial score (nSPS) is 16.7. The van der Waals surface area contributed by atoms with Gasteiger partial charge in [-0.1, -0.05) is 0 Å². The summed E-state index contributed by atoms with van der Waals surface area (Å²) in [5.74, 6) is 0.868. The summed E-state index contributed by atoms with van der Waals surface area (Å²) in [5.41, 5.74) is 5.91. The van der Waals surface area contributed by atoms with E-state index < -0.39 is 5.97 Å². The lowest BCUT2D eigenvalue weighted by Gasteiger charge is -2.32. The molecule has 0 radical (unpaired) electrons. The van der Waals surface area contributed by atoms with E-state index in [1.807, 2.05) is 0 Å².